The zero-order valence-electron chi connectivity index (χ0n) is 7.67. The van der Waals surface area contributed by atoms with E-state index in [2.05, 4.69) is 9.47 Å². The van der Waals surface area contributed by atoms with Crippen LogP contribution in [0.3, 0.4) is 0 Å². The quantitative estimate of drug-likeness (QED) is 0.383. The van der Waals surface area contributed by atoms with E-state index < -0.39 is 5.97 Å². The van der Waals surface area contributed by atoms with E-state index in [-0.39, 0.29) is 6.73 Å². The van der Waals surface area contributed by atoms with Gasteiger partial charge in [0.2, 0.25) is 0 Å². The molecule has 0 aliphatic carbocycles. The van der Waals surface area contributed by atoms with E-state index in [1.54, 1.807) is 22.9 Å². The van der Waals surface area contributed by atoms with Crippen LogP contribution in [0.25, 0.3) is 0 Å². The van der Waals surface area contributed by atoms with Crippen molar-refractivity contribution in [1.29, 1.82) is 0 Å². The van der Waals surface area contributed by atoms with Gasteiger partial charge in [0.25, 0.3) is 13.2 Å². The van der Waals surface area contributed by atoms with Crippen molar-refractivity contribution in [2.75, 3.05) is 7.11 Å². The Hall–Kier alpha value is -1.91. The van der Waals surface area contributed by atoms with Crippen molar-refractivity contribution in [3.63, 3.8) is 0 Å². The molecule has 0 saturated heterocycles. The molecular formula is C9H10NO4+. The summed E-state index contributed by atoms with van der Waals surface area (Å²) in [5, 5.41) is 0. The van der Waals surface area contributed by atoms with Gasteiger partial charge in [-0.25, -0.2) is 4.79 Å². The van der Waals surface area contributed by atoms with Gasteiger partial charge in [0.1, 0.15) is 5.56 Å². The minimum Gasteiger partial charge on any atom is -0.465 e. The number of ether oxygens (including phenoxy) is 2. The molecule has 1 aromatic rings. The predicted molar refractivity (Wildman–Crippen MR) is 45.1 cm³/mol. The Bertz CT molecular complexity index is 337. The van der Waals surface area contributed by atoms with Gasteiger partial charge in [-0.2, -0.15) is 4.57 Å². The average Bonchev–Trinajstić information content (AvgIpc) is 2.25. The lowest BCUT2D eigenvalue weighted by molar-refractivity contribution is -0.727. The first-order chi connectivity index (χ1) is 6.77. The first-order valence-electron chi connectivity index (χ1n) is 3.90. The van der Waals surface area contributed by atoms with Crippen molar-refractivity contribution in [3.8, 4) is 0 Å². The molecule has 0 aliphatic heterocycles. The molecule has 5 heteroatoms. The Labute approximate surface area is 80.9 Å². The van der Waals surface area contributed by atoms with Crippen LogP contribution in [0.5, 0.6) is 0 Å². The summed E-state index contributed by atoms with van der Waals surface area (Å²) in [5.74, 6) is -0.426. The number of nitrogens with zero attached hydrogens (tertiary/aromatic N) is 1. The van der Waals surface area contributed by atoms with Crippen molar-refractivity contribution in [1.82, 2.24) is 0 Å². The van der Waals surface area contributed by atoms with Gasteiger partial charge in [-0.1, -0.05) is 0 Å². The van der Waals surface area contributed by atoms with Crippen LogP contribution in [0, 0.1) is 0 Å². The molecule has 0 aromatic carbocycles. The van der Waals surface area contributed by atoms with Crippen molar-refractivity contribution >= 4 is 12.4 Å². The molecule has 0 spiro atoms. The van der Waals surface area contributed by atoms with E-state index in [9.17, 15) is 9.59 Å². The second-order valence-corrected chi connectivity index (χ2v) is 2.49. The Kier molecular flexibility index (Phi) is 3.60. The molecule has 74 valence electrons. The topological polar surface area (TPSA) is 56.5 Å². The molecule has 0 bridgehead atoms. The molecule has 1 aromatic heterocycles. The molecular weight excluding hydrogens is 186 g/mol. The summed E-state index contributed by atoms with van der Waals surface area (Å²) < 4.78 is 10.6. The molecule has 0 fully saturated rings. The summed E-state index contributed by atoms with van der Waals surface area (Å²) in [7, 11) is 1.31. The molecule has 0 unspecified atom stereocenters. The van der Waals surface area contributed by atoms with Gasteiger partial charge in [-0.15, -0.1) is 0 Å². The number of carbonyl (C=O) groups is 2. The van der Waals surface area contributed by atoms with Crippen LogP contribution >= 0.6 is 0 Å². The molecule has 14 heavy (non-hydrogen) atoms. The van der Waals surface area contributed by atoms with Gasteiger partial charge in [-0.3, -0.25) is 4.79 Å². The lowest BCUT2D eigenvalue weighted by Gasteiger charge is -1.98. The first kappa shape index (κ1) is 10.2. The molecule has 0 radical (unpaired) electrons. The SMILES string of the molecule is COC(=O)c1ccc[n+](COC=O)c1. The van der Waals surface area contributed by atoms with Crippen LogP contribution in [0.1, 0.15) is 10.4 Å². The van der Waals surface area contributed by atoms with Crippen molar-refractivity contribution in [2.24, 2.45) is 0 Å². The fourth-order valence-electron chi connectivity index (χ4n) is 0.957. The highest BCUT2D eigenvalue weighted by Gasteiger charge is 2.09. The summed E-state index contributed by atoms with van der Waals surface area (Å²) in [5.41, 5.74) is 0.407. The molecule has 0 saturated carbocycles. The Morgan fingerprint density at radius 2 is 2.43 bits per heavy atom. The van der Waals surface area contributed by atoms with Gasteiger partial charge in [0, 0.05) is 6.07 Å². The van der Waals surface area contributed by atoms with E-state index >= 15 is 0 Å². The molecule has 0 N–H and O–H groups in total. The molecule has 0 amide bonds. The van der Waals surface area contributed by atoms with Crippen LogP contribution in [0.4, 0.5) is 0 Å². The Balaban J connectivity index is 2.78. The highest BCUT2D eigenvalue weighted by atomic mass is 16.5. The molecule has 5 nitrogen and oxygen atoms in total. The third kappa shape index (κ3) is 2.55. The number of methoxy groups -OCH3 is 1. The maximum Gasteiger partial charge on any atom is 0.343 e. The largest absolute Gasteiger partial charge is 0.465 e. The summed E-state index contributed by atoms with van der Waals surface area (Å²) in [4.78, 5) is 21.0. The van der Waals surface area contributed by atoms with Crippen LogP contribution in [-0.2, 0) is 21.0 Å². The second-order valence-electron chi connectivity index (χ2n) is 2.49. The first-order valence-corrected chi connectivity index (χ1v) is 3.90. The van der Waals surface area contributed by atoms with Crippen LogP contribution in [-0.4, -0.2) is 19.6 Å². The second kappa shape index (κ2) is 4.96. The van der Waals surface area contributed by atoms with Gasteiger partial charge in [-0.05, 0) is 6.07 Å². The maximum absolute atomic E-state index is 11.1. The standard InChI is InChI=1S/C9H10NO4/c1-13-9(12)8-3-2-4-10(5-8)6-14-7-11/h2-5,7H,6H2,1H3/q+1. The molecule has 1 heterocycles. The normalized spacial score (nSPS) is 9.21. The van der Waals surface area contributed by atoms with Crippen LogP contribution < -0.4 is 4.57 Å². The summed E-state index contributed by atoms with van der Waals surface area (Å²) >= 11 is 0. The summed E-state index contributed by atoms with van der Waals surface area (Å²) in [6.07, 6.45) is 3.21. The lowest BCUT2D eigenvalue weighted by atomic mass is 10.3. The smallest absolute Gasteiger partial charge is 0.343 e. The lowest BCUT2D eigenvalue weighted by Crippen LogP contribution is -2.35. The number of pyridine rings is 1. The van der Waals surface area contributed by atoms with E-state index in [0.717, 1.165) is 0 Å². The summed E-state index contributed by atoms with van der Waals surface area (Å²) in [6, 6.07) is 3.28. The van der Waals surface area contributed by atoms with E-state index in [1.807, 2.05) is 0 Å². The maximum atomic E-state index is 11.1. The van der Waals surface area contributed by atoms with Gasteiger partial charge >= 0.3 is 5.97 Å². The Morgan fingerprint density at radius 3 is 3.07 bits per heavy atom. The third-order valence-corrected chi connectivity index (χ3v) is 1.57. The van der Waals surface area contributed by atoms with Gasteiger partial charge in [0.05, 0.1) is 7.11 Å². The number of esters is 1. The number of hydrogen-bond donors (Lipinski definition) is 0. The zero-order chi connectivity index (χ0) is 10.4. The van der Waals surface area contributed by atoms with E-state index in [1.165, 1.54) is 13.3 Å². The zero-order valence-corrected chi connectivity index (χ0v) is 7.67. The molecule has 1 rings (SSSR count). The average molecular weight is 196 g/mol. The van der Waals surface area contributed by atoms with Gasteiger partial charge < -0.3 is 9.47 Å². The van der Waals surface area contributed by atoms with Crippen molar-refractivity contribution < 1.29 is 23.6 Å². The predicted octanol–water partition coefficient (Wildman–Crippen LogP) is -0.109. The van der Waals surface area contributed by atoms with Crippen molar-refractivity contribution in [2.45, 2.75) is 6.73 Å². The van der Waals surface area contributed by atoms with Crippen LogP contribution in [0.2, 0.25) is 0 Å². The number of carbonyl (C=O) groups excluding carboxylic acids is 2. The Morgan fingerprint density at radius 1 is 1.64 bits per heavy atom. The molecule has 0 atom stereocenters. The van der Waals surface area contributed by atoms with Gasteiger partial charge in [0.15, 0.2) is 12.4 Å². The third-order valence-electron chi connectivity index (χ3n) is 1.57. The number of rotatable bonds is 4. The minimum atomic E-state index is -0.426. The minimum absolute atomic E-state index is 0.0777. The summed E-state index contributed by atoms with van der Waals surface area (Å²) in [6.45, 7) is 0.423. The van der Waals surface area contributed by atoms with Crippen LogP contribution in [0.15, 0.2) is 24.5 Å². The van der Waals surface area contributed by atoms with E-state index in [0.29, 0.717) is 12.0 Å². The van der Waals surface area contributed by atoms with E-state index in [4.69, 9.17) is 0 Å². The highest BCUT2D eigenvalue weighted by molar-refractivity contribution is 5.88. The number of aromatic nitrogens is 1. The number of hydrogen-bond acceptors (Lipinski definition) is 4. The fraction of sp³-hybridized carbons (Fsp3) is 0.222. The highest BCUT2D eigenvalue weighted by Crippen LogP contribution is 1.96. The van der Waals surface area contributed by atoms with Crippen molar-refractivity contribution in [3.05, 3.63) is 30.1 Å². The fourth-order valence-corrected chi connectivity index (χ4v) is 0.957. The monoisotopic (exact) mass is 196 g/mol. The molecule has 0 aliphatic rings.